The number of anilines is 1. The van der Waals surface area contributed by atoms with Crippen LogP contribution < -0.4 is 15.0 Å². The molecule has 0 saturated carbocycles. The summed E-state index contributed by atoms with van der Waals surface area (Å²) < 4.78 is 5.86. The molecule has 1 unspecified atom stereocenters. The predicted octanol–water partition coefficient (Wildman–Crippen LogP) is 2.93. The molecule has 0 spiro atoms. The molecule has 1 aliphatic heterocycles. The molecule has 1 aliphatic rings. The zero-order chi connectivity index (χ0) is 15.9. The van der Waals surface area contributed by atoms with Crippen molar-refractivity contribution in [3.05, 3.63) is 23.8 Å². The Labute approximate surface area is 134 Å². The van der Waals surface area contributed by atoms with Gasteiger partial charge >= 0.3 is 0 Å². The molecule has 0 bridgehead atoms. The van der Waals surface area contributed by atoms with Crippen molar-refractivity contribution in [2.45, 2.75) is 58.7 Å². The Hall–Kier alpha value is -1.26. The monoisotopic (exact) mass is 306 g/mol. The number of nitrogens with zero attached hydrogens (tertiary/aromatic N) is 1. The van der Waals surface area contributed by atoms with Crippen LogP contribution in [0.5, 0.6) is 5.75 Å². The third-order valence-electron chi connectivity index (χ3n) is 4.40. The molecular formula is C18H30N2O2. The number of piperidine rings is 1. The molecular weight excluding hydrogens is 276 g/mol. The molecule has 1 saturated heterocycles. The van der Waals surface area contributed by atoms with E-state index in [4.69, 9.17) is 4.74 Å². The second-order valence-electron chi connectivity index (χ2n) is 6.14. The lowest BCUT2D eigenvalue weighted by molar-refractivity contribution is 0.145. The maximum atomic E-state index is 9.67. The van der Waals surface area contributed by atoms with Gasteiger partial charge in [-0.2, -0.15) is 0 Å². The molecule has 124 valence electrons. The van der Waals surface area contributed by atoms with Gasteiger partial charge in [-0.15, -0.1) is 0 Å². The van der Waals surface area contributed by atoms with Crippen molar-refractivity contribution in [1.29, 1.82) is 0 Å². The Bertz CT molecular complexity index is 456. The fraction of sp³-hybridized carbons (Fsp3) is 0.667. The van der Waals surface area contributed by atoms with Crippen molar-refractivity contribution < 1.29 is 9.84 Å². The van der Waals surface area contributed by atoms with Gasteiger partial charge in [0.2, 0.25) is 0 Å². The fourth-order valence-corrected chi connectivity index (χ4v) is 2.74. The van der Waals surface area contributed by atoms with E-state index in [1.54, 1.807) is 0 Å². The van der Waals surface area contributed by atoms with Gasteiger partial charge in [-0.1, -0.05) is 13.0 Å². The number of hydrogen-bond acceptors (Lipinski definition) is 4. The second kappa shape index (κ2) is 8.39. The Morgan fingerprint density at radius 1 is 1.32 bits per heavy atom. The maximum absolute atomic E-state index is 9.67. The van der Waals surface area contributed by atoms with Crippen molar-refractivity contribution in [2.24, 2.45) is 0 Å². The van der Waals surface area contributed by atoms with Crippen LogP contribution in [0, 0.1) is 0 Å². The molecule has 4 heteroatoms. The minimum Gasteiger partial charge on any atom is -0.492 e. The van der Waals surface area contributed by atoms with Gasteiger partial charge < -0.3 is 20.1 Å². The lowest BCUT2D eigenvalue weighted by Gasteiger charge is -2.32. The molecule has 0 amide bonds. The first-order chi connectivity index (χ1) is 10.6. The molecule has 2 N–H and O–H groups in total. The quantitative estimate of drug-likeness (QED) is 0.813. The van der Waals surface area contributed by atoms with E-state index in [0.29, 0.717) is 12.6 Å². The smallest absolute Gasteiger partial charge is 0.142 e. The van der Waals surface area contributed by atoms with Gasteiger partial charge in [-0.3, -0.25) is 0 Å². The van der Waals surface area contributed by atoms with Crippen molar-refractivity contribution in [3.63, 3.8) is 0 Å². The third-order valence-corrected chi connectivity index (χ3v) is 4.40. The normalized spacial score (nSPS) is 17.5. The lowest BCUT2D eigenvalue weighted by atomic mass is 10.1. The van der Waals surface area contributed by atoms with Crippen LogP contribution >= 0.6 is 0 Å². The zero-order valence-electron chi connectivity index (χ0n) is 14.1. The van der Waals surface area contributed by atoms with E-state index in [2.05, 4.69) is 42.3 Å². The highest BCUT2D eigenvalue weighted by molar-refractivity contribution is 5.60. The van der Waals surface area contributed by atoms with Crippen molar-refractivity contribution in [3.8, 4) is 5.75 Å². The van der Waals surface area contributed by atoms with Gasteiger partial charge in [0.1, 0.15) is 5.75 Å². The molecule has 4 nitrogen and oxygen atoms in total. The van der Waals surface area contributed by atoms with Gasteiger partial charge in [0.25, 0.3) is 0 Å². The standard InChI is InChI=1S/C18H30N2O2/c1-4-14(3)19-13-15-6-7-17(18(12-15)22-5-2)20-10-8-16(21)9-11-20/h6-7,12,14,16,19,21H,4-5,8-11,13H2,1-3H3. The number of nitrogens with one attached hydrogen (secondary N) is 1. The third kappa shape index (κ3) is 4.62. The Morgan fingerprint density at radius 2 is 2.05 bits per heavy atom. The van der Waals surface area contributed by atoms with Crippen molar-refractivity contribution >= 4 is 5.69 Å². The first-order valence-electron chi connectivity index (χ1n) is 8.56. The molecule has 1 atom stereocenters. The summed E-state index contributed by atoms with van der Waals surface area (Å²) in [5.74, 6) is 0.961. The number of rotatable bonds is 7. The molecule has 22 heavy (non-hydrogen) atoms. The molecule has 2 rings (SSSR count). The largest absolute Gasteiger partial charge is 0.492 e. The SMILES string of the molecule is CCOc1cc(CNC(C)CC)ccc1N1CCC(O)CC1. The zero-order valence-corrected chi connectivity index (χ0v) is 14.1. The number of aliphatic hydroxyl groups is 1. The average Bonchev–Trinajstić information content (AvgIpc) is 2.54. The van der Waals surface area contributed by atoms with Gasteiger partial charge in [0.15, 0.2) is 0 Å². The van der Waals surface area contributed by atoms with E-state index in [-0.39, 0.29) is 6.10 Å². The van der Waals surface area contributed by atoms with Crippen LogP contribution in [0.3, 0.4) is 0 Å². The maximum Gasteiger partial charge on any atom is 0.142 e. The van der Waals surface area contributed by atoms with Gasteiger partial charge in [0, 0.05) is 25.7 Å². The molecule has 1 aromatic rings. The number of aliphatic hydroxyl groups excluding tert-OH is 1. The van der Waals surface area contributed by atoms with E-state index in [1.807, 2.05) is 6.92 Å². The molecule has 0 aromatic heterocycles. The van der Waals surface area contributed by atoms with Crippen LogP contribution in [0.1, 0.15) is 45.6 Å². The Kier molecular flexibility index (Phi) is 6.52. The van der Waals surface area contributed by atoms with E-state index in [1.165, 1.54) is 5.56 Å². The van der Waals surface area contributed by atoms with Crippen molar-refractivity contribution in [2.75, 3.05) is 24.6 Å². The summed E-state index contributed by atoms with van der Waals surface area (Å²) in [5, 5.41) is 13.2. The summed E-state index contributed by atoms with van der Waals surface area (Å²) >= 11 is 0. The van der Waals surface area contributed by atoms with Crippen LogP contribution in [0.25, 0.3) is 0 Å². The predicted molar refractivity (Wildman–Crippen MR) is 91.7 cm³/mol. The first-order valence-corrected chi connectivity index (χ1v) is 8.56. The van der Waals surface area contributed by atoms with Crippen LogP contribution in [0.15, 0.2) is 18.2 Å². The minimum atomic E-state index is -0.147. The van der Waals surface area contributed by atoms with Gasteiger partial charge in [-0.05, 0) is 50.8 Å². The summed E-state index contributed by atoms with van der Waals surface area (Å²) in [6.07, 6.45) is 2.66. The van der Waals surface area contributed by atoms with Crippen LogP contribution in [0.2, 0.25) is 0 Å². The van der Waals surface area contributed by atoms with E-state index >= 15 is 0 Å². The Balaban J connectivity index is 2.09. The number of hydrogen-bond donors (Lipinski definition) is 2. The van der Waals surface area contributed by atoms with Crippen LogP contribution in [-0.2, 0) is 6.54 Å². The average molecular weight is 306 g/mol. The summed E-state index contributed by atoms with van der Waals surface area (Å²) in [4.78, 5) is 2.32. The van der Waals surface area contributed by atoms with Crippen LogP contribution in [0.4, 0.5) is 5.69 Å². The number of ether oxygens (including phenoxy) is 1. The second-order valence-corrected chi connectivity index (χ2v) is 6.14. The van der Waals surface area contributed by atoms with Crippen LogP contribution in [-0.4, -0.2) is 36.9 Å². The summed E-state index contributed by atoms with van der Waals surface area (Å²) in [6.45, 7) is 9.75. The van der Waals surface area contributed by atoms with Gasteiger partial charge in [0.05, 0.1) is 18.4 Å². The highest BCUT2D eigenvalue weighted by atomic mass is 16.5. The molecule has 1 fully saturated rings. The van der Waals surface area contributed by atoms with Gasteiger partial charge in [-0.25, -0.2) is 0 Å². The first kappa shape index (κ1) is 17.1. The number of benzene rings is 1. The van der Waals surface area contributed by atoms with Crippen molar-refractivity contribution in [1.82, 2.24) is 5.32 Å². The summed E-state index contributed by atoms with van der Waals surface area (Å²) in [5.41, 5.74) is 2.41. The molecule has 0 radical (unpaired) electrons. The van der Waals surface area contributed by atoms with E-state index in [9.17, 15) is 5.11 Å². The topological polar surface area (TPSA) is 44.7 Å². The summed E-state index contributed by atoms with van der Waals surface area (Å²) in [6, 6.07) is 7.02. The van der Waals surface area contributed by atoms with E-state index < -0.39 is 0 Å². The van der Waals surface area contributed by atoms with E-state index in [0.717, 1.165) is 50.3 Å². The molecule has 0 aliphatic carbocycles. The Morgan fingerprint density at radius 3 is 2.68 bits per heavy atom. The molecule has 1 aromatic carbocycles. The highest BCUT2D eigenvalue weighted by Gasteiger charge is 2.20. The molecule has 1 heterocycles. The summed E-state index contributed by atoms with van der Waals surface area (Å²) in [7, 11) is 0. The lowest BCUT2D eigenvalue weighted by Crippen LogP contribution is -2.36. The highest BCUT2D eigenvalue weighted by Crippen LogP contribution is 2.31. The fourth-order valence-electron chi connectivity index (χ4n) is 2.74. The minimum absolute atomic E-state index is 0.147.